The van der Waals surface area contributed by atoms with Crippen LogP contribution in [0.1, 0.15) is 29.2 Å². The molecule has 0 unspecified atom stereocenters. The average molecular weight is 167 g/mol. The topological polar surface area (TPSA) is 23.8 Å². The second-order valence-corrected chi connectivity index (χ2v) is 3.22. The Bertz CT molecular complexity index is 236. The SMILES string of the molecule is CC.Cc1cc(C#N)sc1C. The fourth-order valence-electron chi connectivity index (χ4n) is 0.628. The van der Waals surface area contributed by atoms with E-state index in [1.807, 2.05) is 33.8 Å². The van der Waals surface area contributed by atoms with Crippen LogP contribution in [0.5, 0.6) is 0 Å². The smallest absolute Gasteiger partial charge is 0.110 e. The molecular weight excluding hydrogens is 154 g/mol. The van der Waals surface area contributed by atoms with Crippen LogP contribution < -0.4 is 0 Å². The van der Waals surface area contributed by atoms with Gasteiger partial charge in [-0.2, -0.15) is 5.26 Å². The van der Waals surface area contributed by atoms with Gasteiger partial charge in [0.1, 0.15) is 10.9 Å². The van der Waals surface area contributed by atoms with Gasteiger partial charge in [0.05, 0.1) is 0 Å². The van der Waals surface area contributed by atoms with E-state index >= 15 is 0 Å². The Kier molecular flexibility index (Phi) is 4.56. The van der Waals surface area contributed by atoms with E-state index < -0.39 is 0 Å². The summed E-state index contributed by atoms with van der Waals surface area (Å²) in [5, 5.41) is 8.44. The van der Waals surface area contributed by atoms with Crippen LogP contribution in [0.25, 0.3) is 0 Å². The Labute approximate surface area is 72.3 Å². The summed E-state index contributed by atoms with van der Waals surface area (Å²) in [6.07, 6.45) is 0. The predicted octanol–water partition coefficient (Wildman–Crippen LogP) is 3.26. The molecule has 0 bridgehead atoms. The molecular formula is C9H13NS. The van der Waals surface area contributed by atoms with Gasteiger partial charge in [0, 0.05) is 4.88 Å². The summed E-state index contributed by atoms with van der Waals surface area (Å²) < 4.78 is 0. The molecule has 0 aliphatic carbocycles. The number of thiophene rings is 1. The predicted molar refractivity (Wildman–Crippen MR) is 49.9 cm³/mol. The molecule has 2 heteroatoms. The Morgan fingerprint density at radius 1 is 1.36 bits per heavy atom. The summed E-state index contributed by atoms with van der Waals surface area (Å²) in [6, 6.07) is 4.02. The highest BCUT2D eigenvalue weighted by atomic mass is 32.1. The molecule has 0 aromatic carbocycles. The maximum atomic E-state index is 8.44. The monoisotopic (exact) mass is 167 g/mol. The maximum Gasteiger partial charge on any atom is 0.110 e. The molecule has 1 aromatic rings. The van der Waals surface area contributed by atoms with Crippen molar-refractivity contribution in [2.45, 2.75) is 27.7 Å². The first-order valence-electron chi connectivity index (χ1n) is 3.71. The number of rotatable bonds is 0. The lowest BCUT2D eigenvalue weighted by atomic mass is 10.3. The summed E-state index contributed by atoms with van der Waals surface area (Å²) in [5.74, 6) is 0. The summed E-state index contributed by atoms with van der Waals surface area (Å²) >= 11 is 1.55. The van der Waals surface area contributed by atoms with Gasteiger partial charge >= 0.3 is 0 Å². The minimum absolute atomic E-state index is 0.810. The maximum absolute atomic E-state index is 8.44. The van der Waals surface area contributed by atoms with E-state index in [9.17, 15) is 0 Å². The minimum Gasteiger partial charge on any atom is -0.192 e. The first kappa shape index (κ1) is 10.2. The van der Waals surface area contributed by atoms with Gasteiger partial charge in [0.2, 0.25) is 0 Å². The molecule has 0 fully saturated rings. The van der Waals surface area contributed by atoms with E-state index in [0.29, 0.717) is 0 Å². The van der Waals surface area contributed by atoms with Crippen LogP contribution in [0, 0.1) is 25.2 Å². The Morgan fingerprint density at radius 2 is 1.91 bits per heavy atom. The zero-order valence-electron chi connectivity index (χ0n) is 7.43. The van der Waals surface area contributed by atoms with Gasteiger partial charge in [-0.15, -0.1) is 11.3 Å². The third-order valence-corrected chi connectivity index (χ3v) is 2.33. The van der Waals surface area contributed by atoms with Crippen LogP contribution >= 0.6 is 11.3 Å². The van der Waals surface area contributed by atoms with Crippen molar-refractivity contribution in [3.8, 4) is 6.07 Å². The molecule has 0 radical (unpaired) electrons. The van der Waals surface area contributed by atoms with Crippen molar-refractivity contribution in [2.75, 3.05) is 0 Å². The van der Waals surface area contributed by atoms with Crippen LogP contribution in [0.15, 0.2) is 6.07 Å². The van der Waals surface area contributed by atoms with E-state index in [0.717, 1.165) is 4.88 Å². The van der Waals surface area contributed by atoms with Crippen molar-refractivity contribution in [1.82, 2.24) is 0 Å². The minimum atomic E-state index is 0.810. The first-order valence-corrected chi connectivity index (χ1v) is 4.53. The van der Waals surface area contributed by atoms with Gasteiger partial charge in [-0.05, 0) is 25.5 Å². The number of nitriles is 1. The second-order valence-electron chi connectivity index (χ2n) is 1.96. The normalized spacial score (nSPS) is 7.91. The zero-order valence-corrected chi connectivity index (χ0v) is 8.25. The van der Waals surface area contributed by atoms with Gasteiger partial charge in [-0.3, -0.25) is 0 Å². The molecule has 11 heavy (non-hydrogen) atoms. The molecule has 0 N–H and O–H groups in total. The zero-order chi connectivity index (χ0) is 8.85. The molecule has 0 amide bonds. The van der Waals surface area contributed by atoms with Crippen LogP contribution in [-0.2, 0) is 0 Å². The molecule has 0 aliphatic rings. The van der Waals surface area contributed by atoms with Crippen molar-refractivity contribution in [3.63, 3.8) is 0 Å². The highest BCUT2D eigenvalue weighted by molar-refractivity contribution is 7.12. The van der Waals surface area contributed by atoms with E-state index in [4.69, 9.17) is 5.26 Å². The first-order chi connectivity index (χ1) is 5.24. The van der Waals surface area contributed by atoms with Gasteiger partial charge in [0.25, 0.3) is 0 Å². The highest BCUT2D eigenvalue weighted by Crippen LogP contribution is 2.18. The third kappa shape index (κ3) is 2.73. The number of hydrogen-bond donors (Lipinski definition) is 0. The van der Waals surface area contributed by atoms with E-state index in [1.165, 1.54) is 10.4 Å². The molecule has 0 saturated heterocycles. The second kappa shape index (κ2) is 4.92. The van der Waals surface area contributed by atoms with Crippen molar-refractivity contribution in [3.05, 3.63) is 21.4 Å². The molecule has 60 valence electrons. The molecule has 0 saturated carbocycles. The Morgan fingerprint density at radius 3 is 2.09 bits per heavy atom. The standard InChI is InChI=1S/C7H7NS.C2H6/c1-5-3-7(4-8)9-6(5)2;1-2/h3H,1-2H3;1-2H3. The van der Waals surface area contributed by atoms with Crippen molar-refractivity contribution in [1.29, 1.82) is 5.26 Å². The fraction of sp³-hybridized carbons (Fsp3) is 0.444. The van der Waals surface area contributed by atoms with Crippen LogP contribution in [0.2, 0.25) is 0 Å². The van der Waals surface area contributed by atoms with E-state index in [-0.39, 0.29) is 0 Å². The molecule has 1 heterocycles. The molecule has 1 nitrogen and oxygen atoms in total. The lowest BCUT2D eigenvalue weighted by Crippen LogP contribution is -1.62. The number of aryl methyl sites for hydroxylation is 2. The lowest BCUT2D eigenvalue weighted by Gasteiger charge is -1.79. The van der Waals surface area contributed by atoms with Gasteiger partial charge in [-0.25, -0.2) is 0 Å². The summed E-state index contributed by atoms with van der Waals surface area (Å²) in [5.41, 5.74) is 1.22. The molecule has 0 atom stereocenters. The van der Waals surface area contributed by atoms with Crippen LogP contribution in [0.3, 0.4) is 0 Å². The largest absolute Gasteiger partial charge is 0.192 e. The average Bonchev–Trinajstić information content (AvgIpc) is 2.36. The van der Waals surface area contributed by atoms with E-state index in [2.05, 4.69) is 6.07 Å². The summed E-state index contributed by atoms with van der Waals surface area (Å²) in [4.78, 5) is 2.05. The molecule has 0 spiro atoms. The third-order valence-electron chi connectivity index (χ3n) is 1.28. The number of nitrogens with zero attached hydrogens (tertiary/aromatic N) is 1. The van der Waals surface area contributed by atoms with Crippen molar-refractivity contribution >= 4 is 11.3 Å². The molecule has 1 aromatic heterocycles. The summed E-state index contributed by atoms with van der Waals surface area (Å²) in [7, 11) is 0. The molecule has 0 aliphatic heterocycles. The fourth-order valence-corrected chi connectivity index (χ4v) is 1.46. The highest BCUT2D eigenvalue weighted by Gasteiger charge is 1.97. The van der Waals surface area contributed by atoms with E-state index in [1.54, 1.807) is 11.3 Å². The number of hydrogen-bond acceptors (Lipinski definition) is 2. The summed E-state index contributed by atoms with van der Waals surface area (Å²) in [6.45, 7) is 8.05. The van der Waals surface area contributed by atoms with Crippen molar-refractivity contribution < 1.29 is 0 Å². The Hall–Kier alpha value is -0.810. The van der Waals surface area contributed by atoms with Gasteiger partial charge in [0.15, 0.2) is 0 Å². The Balaban J connectivity index is 0.000000461. The quantitative estimate of drug-likeness (QED) is 0.581. The van der Waals surface area contributed by atoms with Crippen LogP contribution in [0.4, 0.5) is 0 Å². The van der Waals surface area contributed by atoms with Gasteiger partial charge in [-0.1, -0.05) is 13.8 Å². The lowest BCUT2D eigenvalue weighted by molar-refractivity contribution is 1.44. The molecule has 1 rings (SSSR count). The van der Waals surface area contributed by atoms with Crippen molar-refractivity contribution in [2.24, 2.45) is 0 Å². The van der Waals surface area contributed by atoms with Crippen LogP contribution in [-0.4, -0.2) is 0 Å². The van der Waals surface area contributed by atoms with Gasteiger partial charge < -0.3 is 0 Å².